The van der Waals surface area contributed by atoms with Crippen molar-refractivity contribution in [3.05, 3.63) is 96.4 Å². The fourth-order valence-corrected chi connectivity index (χ4v) is 3.69. The number of anilines is 1. The zero-order chi connectivity index (χ0) is 21.9. The highest BCUT2D eigenvalue weighted by Gasteiger charge is 2.13. The third kappa shape index (κ3) is 3.96. The molecule has 0 fully saturated rings. The summed E-state index contributed by atoms with van der Waals surface area (Å²) in [6.07, 6.45) is 3.46. The molecule has 7 heteroatoms. The van der Waals surface area contributed by atoms with E-state index in [1.807, 2.05) is 53.3 Å². The number of rotatable bonds is 6. The van der Waals surface area contributed by atoms with Gasteiger partial charge in [-0.05, 0) is 34.5 Å². The van der Waals surface area contributed by atoms with Crippen molar-refractivity contribution in [2.24, 2.45) is 0 Å². The van der Waals surface area contributed by atoms with E-state index in [-0.39, 0.29) is 5.91 Å². The number of benzene rings is 3. The summed E-state index contributed by atoms with van der Waals surface area (Å²) in [5, 5.41) is 16.7. The number of fused-ring (bicyclic) bond motifs is 1. The second-order valence-electron chi connectivity index (χ2n) is 7.42. The topological polar surface area (TPSA) is 84.8 Å². The van der Waals surface area contributed by atoms with Crippen LogP contribution in [-0.4, -0.2) is 33.0 Å². The molecule has 2 heterocycles. The minimum atomic E-state index is -0.281. The zero-order valence-corrected chi connectivity index (χ0v) is 17.4. The highest BCUT2D eigenvalue weighted by atomic mass is 16.5. The average Bonchev–Trinajstić information content (AvgIpc) is 3.49. The first-order valence-electron chi connectivity index (χ1n) is 10.2. The predicted octanol–water partition coefficient (Wildman–Crippen LogP) is 4.74. The molecule has 7 nitrogen and oxygen atoms in total. The normalized spacial score (nSPS) is 10.9. The van der Waals surface area contributed by atoms with Gasteiger partial charge in [0.05, 0.1) is 31.2 Å². The van der Waals surface area contributed by atoms with E-state index >= 15 is 0 Å². The molecule has 2 N–H and O–H groups in total. The van der Waals surface area contributed by atoms with Crippen LogP contribution < -0.4 is 10.1 Å². The van der Waals surface area contributed by atoms with Crippen LogP contribution in [0.15, 0.2) is 85.2 Å². The molecule has 0 radical (unpaired) electrons. The Labute approximate surface area is 184 Å². The maximum atomic E-state index is 12.7. The third-order valence-electron chi connectivity index (χ3n) is 5.29. The van der Waals surface area contributed by atoms with Gasteiger partial charge in [-0.1, -0.05) is 54.6 Å². The number of aromatic nitrogens is 4. The zero-order valence-electron chi connectivity index (χ0n) is 17.4. The molecule has 0 aliphatic heterocycles. The number of H-pyrrole nitrogens is 1. The molecule has 3 aromatic carbocycles. The molecular formula is C25H21N5O2. The number of nitrogens with zero attached hydrogens (tertiary/aromatic N) is 3. The molecule has 0 saturated carbocycles. The van der Waals surface area contributed by atoms with Crippen LogP contribution in [0.5, 0.6) is 5.75 Å². The Kier molecular flexibility index (Phi) is 5.13. The average molecular weight is 423 g/mol. The van der Waals surface area contributed by atoms with Crippen LogP contribution in [-0.2, 0) is 6.54 Å². The van der Waals surface area contributed by atoms with E-state index < -0.39 is 0 Å². The van der Waals surface area contributed by atoms with Crippen molar-refractivity contribution in [2.75, 3.05) is 12.4 Å². The number of aromatic amines is 1. The van der Waals surface area contributed by atoms with Crippen molar-refractivity contribution in [3.63, 3.8) is 0 Å². The summed E-state index contributed by atoms with van der Waals surface area (Å²) >= 11 is 0. The summed E-state index contributed by atoms with van der Waals surface area (Å²) in [5.41, 5.74) is 3.68. The number of methoxy groups -OCH3 is 1. The molecule has 0 aliphatic rings. The molecule has 32 heavy (non-hydrogen) atoms. The predicted molar refractivity (Wildman–Crippen MR) is 124 cm³/mol. The van der Waals surface area contributed by atoms with E-state index in [1.54, 1.807) is 19.4 Å². The van der Waals surface area contributed by atoms with E-state index in [4.69, 9.17) is 4.74 Å². The lowest BCUT2D eigenvalue weighted by molar-refractivity contribution is 0.102. The van der Waals surface area contributed by atoms with Gasteiger partial charge in [0.2, 0.25) is 0 Å². The van der Waals surface area contributed by atoms with Crippen LogP contribution in [0, 0.1) is 0 Å². The maximum absolute atomic E-state index is 12.7. The Balaban J connectivity index is 1.29. The van der Waals surface area contributed by atoms with Gasteiger partial charge in [0, 0.05) is 11.8 Å². The standard InChI is InChI=1S/C25H21N5O2/c1-32-21-10-5-8-18(12-21)23-13-24(29-28-23)25(31)27-20-14-26-30(16-20)15-19-9-4-7-17-6-2-3-11-22(17)19/h2-14,16H,15H2,1H3,(H,27,31)(H,28,29). The SMILES string of the molecule is COc1cccc(-c2cc(C(=O)Nc3cnn(Cc4cccc5ccccc45)c3)[nH]n2)c1. The second kappa shape index (κ2) is 8.39. The van der Waals surface area contributed by atoms with E-state index in [0.717, 1.165) is 11.3 Å². The van der Waals surface area contributed by atoms with E-state index in [2.05, 4.69) is 44.9 Å². The Hall–Kier alpha value is -4.39. The highest BCUT2D eigenvalue weighted by Crippen LogP contribution is 2.23. The van der Waals surface area contributed by atoms with Gasteiger partial charge in [-0.2, -0.15) is 10.2 Å². The molecule has 0 aliphatic carbocycles. The first kappa shape index (κ1) is 19.6. The van der Waals surface area contributed by atoms with Crippen molar-refractivity contribution in [3.8, 4) is 17.0 Å². The molecule has 158 valence electrons. The fourth-order valence-electron chi connectivity index (χ4n) is 3.69. The largest absolute Gasteiger partial charge is 0.497 e. The summed E-state index contributed by atoms with van der Waals surface area (Å²) < 4.78 is 7.06. The van der Waals surface area contributed by atoms with Gasteiger partial charge in [0.15, 0.2) is 0 Å². The van der Waals surface area contributed by atoms with Crippen molar-refractivity contribution >= 4 is 22.4 Å². The minimum Gasteiger partial charge on any atom is -0.497 e. The molecule has 5 rings (SSSR count). The van der Waals surface area contributed by atoms with Crippen LogP contribution in [0.2, 0.25) is 0 Å². The third-order valence-corrected chi connectivity index (χ3v) is 5.29. The lowest BCUT2D eigenvalue weighted by Gasteiger charge is -2.06. The van der Waals surface area contributed by atoms with Crippen LogP contribution >= 0.6 is 0 Å². The summed E-state index contributed by atoms with van der Waals surface area (Å²) in [6.45, 7) is 0.612. The van der Waals surface area contributed by atoms with Crippen molar-refractivity contribution in [1.29, 1.82) is 0 Å². The maximum Gasteiger partial charge on any atom is 0.273 e. The molecule has 5 aromatic rings. The monoisotopic (exact) mass is 423 g/mol. The van der Waals surface area contributed by atoms with Crippen LogP contribution in [0.3, 0.4) is 0 Å². The Morgan fingerprint density at radius 1 is 1.06 bits per heavy atom. The summed E-state index contributed by atoms with van der Waals surface area (Å²) in [7, 11) is 1.61. The Morgan fingerprint density at radius 3 is 2.81 bits per heavy atom. The number of carbonyl (C=O) groups excluding carboxylic acids is 1. The highest BCUT2D eigenvalue weighted by molar-refractivity contribution is 6.03. The van der Waals surface area contributed by atoms with Gasteiger partial charge in [-0.3, -0.25) is 14.6 Å². The Morgan fingerprint density at radius 2 is 1.91 bits per heavy atom. The van der Waals surface area contributed by atoms with Gasteiger partial charge in [-0.25, -0.2) is 0 Å². The summed E-state index contributed by atoms with van der Waals surface area (Å²) in [6, 6.07) is 23.7. The number of hydrogen-bond acceptors (Lipinski definition) is 4. The molecule has 2 aromatic heterocycles. The molecule has 0 saturated heterocycles. The van der Waals surface area contributed by atoms with Crippen LogP contribution in [0.25, 0.3) is 22.0 Å². The summed E-state index contributed by atoms with van der Waals surface area (Å²) in [5.74, 6) is 0.450. The van der Waals surface area contributed by atoms with E-state index in [9.17, 15) is 4.79 Å². The number of amides is 1. The van der Waals surface area contributed by atoms with Gasteiger partial charge in [0.1, 0.15) is 11.4 Å². The first-order valence-corrected chi connectivity index (χ1v) is 10.2. The molecular weight excluding hydrogens is 402 g/mol. The Bertz CT molecular complexity index is 1400. The summed E-state index contributed by atoms with van der Waals surface area (Å²) in [4.78, 5) is 12.7. The van der Waals surface area contributed by atoms with E-state index in [0.29, 0.717) is 23.6 Å². The molecule has 0 bridgehead atoms. The lowest BCUT2D eigenvalue weighted by atomic mass is 10.0. The number of ether oxygens (including phenoxy) is 1. The van der Waals surface area contributed by atoms with Crippen molar-refractivity contribution in [1.82, 2.24) is 20.0 Å². The fraction of sp³-hybridized carbons (Fsp3) is 0.0800. The van der Waals surface area contributed by atoms with Gasteiger partial charge < -0.3 is 10.1 Å². The number of hydrogen-bond donors (Lipinski definition) is 2. The number of nitrogens with one attached hydrogen (secondary N) is 2. The molecule has 0 spiro atoms. The van der Waals surface area contributed by atoms with Crippen molar-refractivity contribution in [2.45, 2.75) is 6.54 Å². The smallest absolute Gasteiger partial charge is 0.273 e. The number of carbonyl (C=O) groups is 1. The first-order chi connectivity index (χ1) is 15.7. The molecule has 0 atom stereocenters. The van der Waals surface area contributed by atoms with Gasteiger partial charge >= 0.3 is 0 Å². The van der Waals surface area contributed by atoms with Crippen LogP contribution in [0.1, 0.15) is 16.1 Å². The minimum absolute atomic E-state index is 0.281. The molecule has 0 unspecified atom stereocenters. The van der Waals surface area contributed by atoms with Gasteiger partial charge in [0.25, 0.3) is 5.91 Å². The van der Waals surface area contributed by atoms with E-state index in [1.165, 1.54) is 16.3 Å². The lowest BCUT2D eigenvalue weighted by Crippen LogP contribution is -2.11. The second-order valence-corrected chi connectivity index (χ2v) is 7.42. The quantitative estimate of drug-likeness (QED) is 0.413. The molecule has 1 amide bonds. The van der Waals surface area contributed by atoms with Gasteiger partial charge in [-0.15, -0.1) is 0 Å². The van der Waals surface area contributed by atoms with Crippen molar-refractivity contribution < 1.29 is 9.53 Å². The van der Waals surface area contributed by atoms with Crippen LogP contribution in [0.4, 0.5) is 5.69 Å².